The zero-order chi connectivity index (χ0) is 28.2. The highest BCUT2D eigenvalue weighted by atomic mass is 33.1. The second kappa shape index (κ2) is 15.8. The first-order valence-electron chi connectivity index (χ1n) is 12.1. The van der Waals surface area contributed by atoms with E-state index < -0.39 is 17.5 Å². The van der Waals surface area contributed by atoms with Crippen LogP contribution in [0.2, 0.25) is 0 Å². The summed E-state index contributed by atoms with van der Waals surface area (Å²) in [5.74, 6) is 0.482. The monoisotopic (exact) mass is 556 g/mol. The van der Waals surface area contributed by atoms with Gasteiger partial charge in [0.1, 0.15) is 23.5 Å². The Balaban J connectivity index is 0.000000401. The average Bonchev–Trinajstić information content (AvgIpc) is 3.19. The number of alkyl carbamates (subject to hydrolysis) is 1. The van der Waals surface area contributed by atoms with Crippen LogP contribution in [0.4, 0.5) is 4.79 Å². The van der Waals surface area contributed by atoms with Crippen molar-refractivity contribution in [1.29, 1.82) is 0 Å². The molecular formula is C26H40N2O7S2. The quantitative estimate of drug-likeness (QED) is 0.129. The summed E-state index contributed by atoms with van der Waals surface area (Å²) in [7, 11) is 3.42. The number of allylic oxidation sites excluding steroid dienone is 2. The minimum absolute atomic E-state index is 0.0112. The van der Waals surface area contributed by atoms with E-state index in [0.29, 0.717) is 31.5 Å². The molecule has 2 rings (SSSR count). The number of nitrogens with one attached hydrogen (secondary N) is 1. The molecule has 1 aliphatic heterocycles. The van der Waals surface area contributed by atoms with Gasteiger partial charge in [-0.15, -0.1) is 0 Å². The molecule has 0 fully saturated rings. The van der Waals surface area contributed by atoms with Crippen molar-refractivity contribution in [3.63, 3.8) is 0 Å². The number of aliphatic carboxylic acids is 1. The van der Waals surface area contributed by atoms with Crippen molar-refractivity contribution in [2.45, 2.75) is 73.0 Å². The number of carboxylic acids is 1. The van der Waals surface area contributed by atoms with Crippen molar-refractivity contribution in [1.82, 2.24) is 5.32 Å². The van der Waals surface area contributed by atoms with Crippen LogP contribution in [-0.2, 0) is 27.3 Å². The van der Waals surface area contributed by atoms with E-state index in [-0.39, 0.29) is 30.4 Å². The average molecular weight is 557 g/mol. The molecule has 37 heavy (non-hydrogen) atoms. The molecule has 0 aromatic heterocycles. The SMILES string of the molecule is C/C(=C\Cc1c(C)c(C)c2c(c1O)C(=O)OC2)CCC(=O)O.CC(C)(C)OC(=O)NCCSSCCN. The Kier molecular flexibility index (Phi) is 13.9. The molecule has 208 valence electrons. The van der Waals surface area contributed by atoms with Crippen LogP contribution in [0, 0.1) is 13.8 Å². The van der Waals surface area contributed by atoms with Gasteiger partial charge in [-0.05, 0) is 65.5 Å². The van der Waals surface area contributed by atoms with Crippen LogP contribution in [0.15, 0.2) is 11.6 Å². The summed E-state index contributed by atoms with van der Waals surface area (Å²) >= 11 is 0. The number of carboxylic acid groups (broad SMARTS) is 1. The maximum atomic E-state index is 11.8. The van der Waals surface area contributed by atoms with Crippen molar-refractivity contribution >= 4 is 39.6 Å². The van der Waals surface area contributed by atoms with Crippen LogP contribution in [0.3, 0.4) is 0 Å². The Morgan fingerprint density at radius 2 is 1.81 bits per heavy atom. The molecule has 11 heteroatoms. The lowest BCUT2D eigenvalue weighted by Crippen LogP contribution is -2.33. The zero-order valence-corrected chi connectivity index (χ0v) is 24.2. The van der Waals surface area contributed by atoms with Gasteiger partial charge < -0.3 is 30.7 Å². The Morgan fingerprint density at radius 3 is 2.41 bits per heavy atom. The highest BCUT2D eigenvalue weighted by Crippen LogP contribution is 2.37. The molecule has 1 amide bonds. The lowest BCUT2D eigenvalue weighted by molar-refractivity contribution is -0.136. The molecule has 1 aromatic carbocycles. The number of phenols is 1. The van der Waals surface area contributed by atoms with Crippen LogP contribution in [0.1, 0.15) is 73.1 Å². The number of rotatable bonds is 11. The van der Waals surface area contributed by atoms with Crippen molar-refractivity contribution in [3.05, 3.63) is 39.5 Å². The predicted molar refractivity (Wildman–Crippen MR) is 149 cm³/mol. The van der Waals surface area contributed by atoms with Crippen LogP contribution < -0.4 is 11.1 Å². The molecule has 1 aromatic rings. The van der Waals surface area contributed by atoms with Gasteiger partial charge in [-0.2, -0.15) is 0 Å². The van der Waals surface area contributed by atoms with Crippen LogP contribution in [0.5, 0.6) is 5.75 Å². The van der Waals surface area contributed by atoms with Crippen LogP contribution in [0.25, 0.3) is 0 Å². The van der Waals surface area contributed by atoms with Crippen LogP contribution in [-0.4, -0.2) is 58.4 Å². The number of nitrogens with two attached hydrogens (primary N) is 1. The Bertz CT molecular complexity index is 988. The van der Waals surface area contributed by atoms with E-state index >= 15 is 0 Å². The normalized spacial score (nSPS) is 12.8. The fourth-order valence-corrected chi connectivity index (χ4v) is 5.09. The van der Waals surface area contributed by atoms with Crippen LogP contribution >= 0.6 is 21.6 Å². The molecule has 0 spiro atoms. The van der Waals surface area contributed by atoms with E-state index in [9.17, 15) is 19.5 Å². The summed E-state index contributed by atoms with van der Waals surface area (Å²) in [5.41, 5.74) is 9.49. The summed E-state index contributed by atoms with van der Waals surface area (Å²) in [6.45, 7) is 12.8. The maximum absolute atomic E-state index is 11.8. The Morgan fingerprint density at radius 1 is 1.16 bits per heavy atom. The summed E-state index contributed by atoms with van der Waals surface area (Å²) in [5, 5.41) is 21.8. The fourth-order valence-electron chi connectivity index (χ4n) is 3.33. The largest absolute Gasteiger partial charge is 0.507 e. The lowest BCUT2D eigenvalue weighted by atomic mass is 9.91. The Hall–Kier alpha value is -2.37. The van der Waals surface area contributed by atoms with Gasteiger partial charge in [-0.3, -0.25) is 4.79 Å². The van der Waals surface area contributed by atoms with Gasteiger partial charge in [0.15, 0.2) is 0 Å². The zero-order valence-electron chi connectivity index (χ0n) is 22.6. The third-order valence-electron chi connectivity index (χ3n) is 5.37. The Labute approximate surface area is 227 Å². The minimum Gasteiger partial charge on any atom is -0.507 e. The maximum Gasteiger partial charge on any atom is 0.407 e. The van der Waals surface area contributed by atoms with Gasteiger partial charge in [0.05, 0.1) is 0 Å². The summed E-state index contributed by atoms with van der Waals surface area (Å²) in [6, 6.07) is 0. The van der Waals surface area contributed by atoms with Gasteiger partial charge in [0, 0.05) is 42.1 Å². The number of amides is 1. The van der Waals surface area contributed by atoms with E-state index in [1.54, 1.807) is 21.6 Å². The first-order chi connectivity index (χ1) is 17.3. The second-order valence-corrected chi connectivity index (χ2v) is 12.2. The molecule has 1 aliphatic rings. The molecule has 9 nitrogen and oxygen atoms in total. The first kappa shape index (κ1) is 32.7. The number of ether oxygens (including phenoxy) is 2. The number of benzene rings is 1. The molecule has 0 saturated carbocycles. The van der Waals surface area contributed by atoms with E-state index in [2.05, 4.69) is 5.32 Å². The molecule has 0 aliphatic carbocycles. The highest BCUT2D eigenvalue weighted by molar-refractivity contribution is 8.76. The molecular weight excluding hydrogens is 516 g/mol. The standard InChI is InChI=1S/C17H20O5.C9H20N2O2S2/c1-9(5-7-14(18)19)4-6-12-10(2)11(3)13-8-22-17(21)15(13)16(12)20;1-9(2,3)13-8(12)11-5-7-15-14-6-4-10/h4,20H,5-8H2,1-3H3,(H,18,19);4-7,10H2,1-3H3,(H,11,12)/b9-4+;. The molecule has 0 bridgehead atoms. The fraction of sp³-hybridized carbons (Fsp3) is 0.577. The van der Waals surface area contributed by atoms with Crippen molar-refractivity contribution < 1.29 is 34.1 Å². The minimum atomic E-state index is -0.831. The van der Waals surface area contributed by atoms with E-state index in [4.69, 9.17) is 20.3 Å². The number of hydrogen-bond donors (Lipinski definition) is 4. The molecule has 1 heterocycles. The molecule has 0 unspecified atom stereocenters. The number of cyclic esters (lactones) is 1. The lowest BCUT2D eigenvalue weighted by Gasteiger charge is -2.19. The number of esters is 1. The number of phenolic OH excluding ortho intramolecular Hbond substituents is 1. The number of carbonyl (C=O) groups is 3. The predicted octanol–water partition coefficient (Wildman–Crippen LogP) is 4.88. The van der Waals surface area contributed by atoms with Gasteiger partial charge >= 0.3 is 18.0 Å². The number of aromatic hydroxyl groups is 1. The molecule has 5 N–H and O–H groups in total. The van der Waals surface area contributed by atoms with Crippen molar-refractivity contribution in [2.75, 3.05) is 24.6 Å². The summed E-state index contributed by atoms with van der Waals surface area (Å²) < 4.78 is 10.1. The number of fused-ring (bicyclic) bond motifs is 1. The first-order valence-corrected chi connectivity index (χ1v) is 14.6. The third-order valence-corrected chi connectivity index (χ3v) is 7.81. The van der Waals surface area contributed by atoms with E-state index in [1.807, 2.05) is 47.6 Å². The smallest absolute Gasteiger partial charge is 0.407 e. The summed E-state index contributed by atoms with van der Waals surface area (Å²) in [6.07, 6.45) is 2.57. The molecule has 0 radical (unpaired) electrons. The molecule has 0 atom stereocenters. The molecule has 0 saturated heterocycles. The van der Waals surface area contributed by atoms with E-state index in [0.717, 1.165) is 33.8 Å². The number of hydrogen-bond acceptors (Lipinski definition) is 9. The van der Waals surface area contributed by atoms with Crippen molar-refractivity contribution in [2.24, 2.45) is 5.73 Å². The number of carbonyl (C=O) groups excluding carboxylic acids is 2. The highest BCUT2D eigenvalue weighted by Gasteiger charge is 2.30. The van der Waals surface area contributed by atoms with Gasteiger partial charge in [0.2, 0.25) is 0 Å². The van der Waals surface area contributed by atoms with Crippen molar-refractivity contribution in [3.8, 4) is 5.75 Å². The van der Waals surface area contributed by atoms with E-state index in [1.165, 1.54) is 0 Å². The topological polar surface area (TPSA) is 148 Å². The van der Waals surface area contributed by atoms with Gasteiger partial charge in [-0.25, -0.2) is 9.59 Å². The van der Waals surface area contributed by atoms with Gasteiger partial charge in [0.25, 0.3) is 0 Å². The van der Waals surface area contributed by atoms with Gasteiger partial charge in [-0.1, -0.05) is 33.2 Å². The third kappa shape index (κ3) is 11.7. The summed E-state index contributed by atoms with van der Waals surface area (Å²) in [4.78, 5) is 33.5. The second-order valence-electron chi connectivity index (χ2n) is 9.52.